The molecule has 11 nitrogen and oxygen atoms in total. The zero-order chi connectivity index (χ0) is 33.0. The number of aryl methyl sites for hydroxylation is 1. The number of carbonyl (C=O) groups excluding carboxylic acids is 1. The highest BCUT2D eigenvalue weighted by Crippen LogP contribution is 2.32. The maximum Gasteiger partial charge on any atom is 0.271 e. The summed E-state index contributed by atoms with van der Waals surface area (Å²) in [4.78, 5) is 33.2. The minimum absolute atomic E-state index is 0.0482. The molecule has 1 aromatic carbocycles. The maximum atomic E-state index is 12.7. The Kier molecular flexibility index (Phi) is 8.39. The molecule has 1 amide bonds. The molecule has 3 aliphatic rings. The van der Waals surface area contributed by atoms with Crippen molar-refractivity contribution in [3.8, 4) is 11.4 Å². The average molecular weight is 603 g/mol. The SMILES string of the molecule is [2H]C([2H])([2H])N1CCN(C2CCN(c3ccc(Nc4nc(NC5CCOCC5)c(-c5ccccn5)nc4C(N)=O)cc3CC)CC2)CC1. The Labute approximate surface area is 264 Å². The van der Waals surface area contributed by atoms with Crippen molar-refractivity contribution in [2.45, 2.75) is 51.1 Å². The van der Waals surface area contributed by atoms with E-state index < -0.39 is 12.9 Å². The van der Waals surface area contributed by atoms with Crippen molar-refractivity contribution in [3.63, 3.8) is 0 Å². The van der Waals surface area contributed by atoms with Crippen LogP contribution in [0.1, 0.15) is 52.8 Å². The van der Waals surface area contributed by atoms with Crippen molar-refractivity contribution in [2.24, 2.45) is 5.73 Å². The molecule has 11 heteroatoms. The van der Waals surface area contributed by atoms with Crippen LogP contribution in [0.3, 0.4) is 0 Å². The predicted octanol–water partition coefficient (Wildman–Crippen LogP) is 3.75. The Hall–Kier alpha value is -3.80. The number of carbonyl (C=O) groups is 1. The van der Waals surface area contributed by atoms with Crippen LogP contribution >= 0.6 is 0 Å². The van der Waals surface area contributed by atoms with Crippen molar-refractivity contribution in [2.75, 3.05) is 75.0 Å². The van der Waals surface area contributed by atoms with Crippen LogP contribution in [0, 0.1) is 0 Å². The molecule has 6 rings (SSSR count). The number of rotatable bonds is 9. The number of piperazine rings is 1. The Balaban J connectivity index is 1.19. The van der Waals surface area contributed by atoms with E-state index in [0.29, 0.717) is 55.4 Å². The van der Waals surface area contributed by atoms with Gasteiger partial charge in [-0.2, -0.15) is 0 Å². The van der Waals surface area contributed by atoms with Crippen LogP contribution in [0.2, 0.25) is 0 Å². The Morgan fingerprint density at radius 3 is 2.50 bits per heavy atom. The number of anilines is 4. The number of hydrogen-bond acceptors (Lipinski definition) is 10. The van der Waals surface area contributed by atoms with Gasteiger partial charge < -0.3 is 30.9 Å². The monoisotopic (exact) mass is 602 g/mol. The first-order chi connectivity index (χ1) is 22.7. The number of ether oxygens (including phenoxy) is 1. The van der Waals surface area contributed by atoms with Gasteiger partial charge in [-0.25, -0.2) is 9.97 Å². The Morgan fingerprint density at radius 1 is 1.02 bits per heavy atom. The molecule has 2 aromatic heterocycles. The number of pyridine rings is 1. The maximum absolute atomic E-state index is 12.7. The molecule has 5 heterocycles. The number of nitrogens with zero attached hydrogens (tertiary/aromatic N) is 6. The highest BCUT2D eigenvalue weighted by molar-refractivity contribution is 5.97. The van der Waals surface area contributed by atoms with Gasteiger partial charge in [0.2, 0.25) is 0 Å². The normalized spacial score (nSPS) is 20.5. The van der Waals surface area contributed by atoms with Gasteiger partial charge in [0.25, 0.3) is 5.91 Å². The fourth-order valence-corrected chi connectivity index (χ4v) is 6.46. The van der Waals surface area contributed by atoms with Gasteiger partial charge in [0.1, 0.15) is 5.69 Å². The van der Waals surface area contributed by atoms with Gasteiger partial charge in [-0.15, -0.1) is 0 Å². The predicted molar refractivity (Wildman–Crippen MR) is 175 cm³/mol. The molecule has 3 fully saturated rings. The largest absolute Gasteiger partial charge is 0.381 e. The summed E-state index contributed by atoms with van der Waals surface area (Å²) in [5, 5.41) is 6.88. The standard InChI is InChI=1S/C33H45N9O2/c1-3-23-22-25(7-8-28(23)42-14-9-26(10-15-42)41-18-16-40(2)17-19-41)37-33-30(31(34)43)38-29(27-6-4-5-13-35-27)32(39-33)36-24-11-20-44-21-12-24/h4-8,13,22,24,26H,3,9-12,14-21H2,1-2H3,(H2,34,43)(H2,36,37,39)/i2D3. The van der Waals surface area contributed by atoms with Gasteiger partial charge >= 0.3 is 0 Å². The third kappa shape index (κ3) is 6.95. The van der Waals surface area contributed by atoms with E-state index in [2.05, 4.69) is 44.5 Å². The van der Waals surface area contributed by atoms with Crippen LogP contribution < -0.4 is 21.3 Å². The van der Waals surface area contributed by atoms with E-state index in [4.69, 9.17) is 24.6 Å². The summed E-state index contributed by atoms with van der Waals surface area (Å²) in [7, 11) is 0. The number of amides is 1. The molecule has 3 aliphatic heterocycles. The lowest BCUT2D eigenvalue weighted by Crippen LogP contribution is -2.52. The van der Waals surface area contributed by atoms with E-state index in [9.17, 15) is 4.79 Å². The molecule has 0 radical (unpaired) electrons. The number of hydrogen-bond donors (Lipinski definition) is 3. The number of likely N-dealkylation sites (N-methyl/N-ethyl adjacent to an activating group) is 1. The van der Waals surface area contributed by atoms with E-state index >= 15 is 0 Å². The van der Waals surface area contributed by atoms with Gasteiger partial charge in [-0.3, -0.25) is 14.7 Å². The highest BCUT2D eigenvalue weighted by atomic mass is 16.5. The molecule has 0 bridgehead atoms. The molecule has 234 valence electrons. The molecular formula is C33H45N9O2. The lowest BCUT2D eigenvalue weighted by atomic mass is 10.00. The van der Waals surface area contributed by atoms with E-state index in [1.807, 2.05) is 24.3 Å². The first-order valence-corrected chi connectivity index (χ1v) is 15.8. The summed E-state index contributed by atoms with van der Waals surface area (Å²) in [6.07, 6.45) is 6.28. The summed E-state index contributed by atoms with van der Waals surface area (Å²) in [6.45, 7) is 6.14. The van der Waals surface area contributed by atoms with Gasteiger partial charge in [0, 0.05) is 86.2 Å². The molecule has 3 aromatic rings. The molecule has 0 unspecified atom stereocenters. The summed E-state index contributed by atoms with van der Waals surface area (Å²) >= 11 is 0. The Morgan fingerprint density at radius 2 is 1.82 bits per heavy atom. The van der Waals surface area contributed by atoms with Gasteiger partial charge in [-0.05, 0) is 75.0 Å². The summed E-state index contributed by atoms with van der Waals surface area (Å²) in [5.74, 6) is 0.156. The molecule has 44 heavy (non-hydrogen) atoms. The van der Waals surface area contributed by atoms with Gasteiger partial charge in [0.15, 0.2) is 17.3 Å². The number of primary amides is 1. The van der Waals surface area contributed by atoms with Crippen LogP contribution in [0.25, 0.3) is 11.4 Å². The average Bonchev–Trinajstić information content (AvgIpc) is 3.09. The van der Waals surface area contributed by atoms with Crippen molar-refractivity contribution < 1.29 is 13.6 Å². The van der Waals surface area contributed by atoms with Gasteiger partial charge in [-0.1, -0.05) is 13.0 Å². The second-order valence-corrected chi connectivity index (χ2v) is 11.8. The van der Waals surface area contributed by atoms with Gasteiger partial charge in [0.05, 0.1) is 5.69 Å². The minimum atomic E-state index is -2.01. The van der Waals surface area contributed by atoms with Crippen LogP contribution in [0.4, 0.5) is 23.0 Å². The molecule has 0 atom stereocenters. The molecule has 0 saturated carbocycles. The van der Waals surface area contributed by atoms with Crippen LogP contribution in [-0.2, 0) is 11.2 Å². The van der Waals surface area contributed by atoms with Crippen LogP contribution in [0.15, 0.2) is 42.6 Å². The van der Waals surface area contributed by atoms with Crippen molar-refractivity contribution >= 4 is 28.9 Å². The van der Waals surface area contributed by atoms with Crippen molar-refractivity contribution in [1.29, 1.82) is 0 Å². The first kappa shape index (κ1) is 26.6. The molecular weight excluding hydrogens is 554 g/mol. The fourth-order valence-electron chi connectivity index (χ4n) is 6.46. The quantitative estimate of drug-likeness (QED) is 0.334. The third-order valence-corrected chi connectivity index (χ3v) is 8.96. The molecule has 3 saturated heterocycles. The van der Waals surface area contributed by atoms with Crippen molar-refractivity contribution in [1.82, 2.24) is 24.8 Å². The highest BCUT2D eigenvalue weighted by Gasteiger charge is 2.28. The van der Waals surface area contributed by atoms with Crippen LogP contribution in [-0.4, -0.2) is 102 Å². The lowest BCUT2D eigenvalue weighted by molar-refractivity contribution is 0.0904. The smallest absolute Gasteiger partial charge is 0.271 e. The molecule has 0 spiro atoms. The second kappa shape index (κ2) is 13.9. The van der Waals surface area contributed by atoms with E-state index in [-0.39, 0.29) is 11.7 Å². The third-order valence-electron chi connectivity index (χ3n) is 8.96. The molecule has 0 aliphatic carbocycles. The second-order valence-electron chi connectivity index (χ2n) is 11.8. The van der Waals surface area contributed by atoms with Crippen molar-refractivity contribution in [3.05, 3.63) is 53.9 Å². The first-order valence-electron chi connectivity index (χ1n) is 17.3. The fraction of sp³-hybridized carbons (Fsp3) is 0.515. The topological polar surface area (TPSA) is 125 Å². The van der Waals surface area contributed by atoms with Crippen LogP contribution in [0.5, 0.6) is 0 Å². The number of nitrogens with two attached hydrogens (primary N) is 1. The number of nitrogens with one attached hydrogen (secondary N) is 2. The van der Waals surface area contributed by atoms with E-state index in [0.717, 1.165) is 64.0 Å². The molecule has 4 N–H and O–H groups in total. The Bertz CT molecular complexity index is 1520. The number of piperidine rings is 1. The van der Waals surface area contributed by atoms with E-state index in [1.54, 1.807) is 11.1 Å². The zero-order valence-corrected chi connectivity index (χ0v) is 25.5. The zero-order valence-electron chi connectivity index (χ0n) is 28.5. The lowest BCUT2D eigenvalue weighted by Gasteiger charge is -2.43. The minimum Gasteiger partial charge on any atom is -0.381 e. The van der Waals surface area contributed by atoms with E-state index in [1.165, 1.54) is 11.3 Å². The number of aromatic nitrogens is 3. The summed E-state index contributed by atoms with van der Waals surface area (Å²) in [5.41, 5.74) is 10.2. The summed E-state index contributed by atoms with van der Waals surface area (Å²) in [6, 6.07) is 12.4. The summed E-state index contributed by atoms with van der Waals surface area (Å²) < 4.78 is 28.6. The number of benzene rings is 1.